The number of rotatable bonds is 2. The second kappa shape index (κ2) is 4.31. The van der Waals surface area contributed by atoms with Crippen molar-refractivity contribution in [3.8, 4) is 11.1 Å². The number of benzene rings is 2. The Bertz CT molecular complexity index is 748. The molecule has 0 aromatic heterocycles. The Morgan fingerprint density at radius 2 is 1.60 bits per heavy atom. The molecule has 2 aromatic carbocycles. The quantitative estimate of drug-likeness (QED) is 0.809. The summed E-state index contributed by atoms with van der Waals surface area (Å²) in [6, 6.07) is 11.9. The summed E-state index contributed by atoms with van der Waals surface area (Å²) < 4.78 is 0. The number of Topliss-reactive ketones (excluding diaryl/α,β-unsaturated/α-hetero) is 1. The summed E-state index contributed by atoms with van der Waals surface area (Å²) in [5.74, 6) is -1.63. The first-order valence-corrected chi connectivity index (χ1v) is 5.96. The maximum Gasteiger partial charge on any atom is 0.296 e. The number of primary amides is 1. The fourth-order valence-corrected chi connectivity index (χ4v) is 2.15. The van der Waals surface area contributed by atoms with Gasteiger partial charge in [0.2, 0.25) is 5.91 Å². The van der Waals surface area contributed by atoms with Crippen LogP contribution in [0.5, 0.6) is 0 Å². The first-order chi connectivity index (χ1) is 9.56. The molecule has 0 saturated carbocycles. The molecule has 2 aromatic rings. The third kappa shape index (κ3) is 1.85. The molecule has 2 amide bonds. The molecule has 98 valence electrons. The highest BCUT2D eigenvalue weighted by atomic mass is 16.2. The molecule has 3 rings (SSSR count). The maximum absolute atomic E-state index is 11.7. The SMILES string of the molecule is NC(=O)c1ccc(-c2ccc3c(c2)C(=O)C(=O)N3)cc1. The Hall–Kier alpha value is -2.95. The van der Waals surface area contributed by atoms with Crippen molar-refractivity contribution < 1.29 is 14.4 Å². The Balaban J connectivity index is 2.02. The van der Waals surface area contributed by atoms with E-state index >= 15 is 0 Å². The number of nitrogens with two attached hydrogens (primary N) is 1. The lowest BCUT2D eigenvalue weighted by atomic mass is 10.00. The molecule has 1 heterocycles. The van der Waals surface area contributed by atoms with E-state index in [0.29, 0.717) is 16.8 Å². The average Bonchev–Trinajstić information content (AvgIpc) is 2.74. The summed E-state index contributed by atoms with van der Waals surface area (Å²) in [5, 5.41) is 2.50. The number of hydrogen-bond acceptors (Lipinski definition) is 3. The van der Waals surface area contributed by atoms with Gasteiger partial charge in [0.25, 0.3) is 11.7 Å². The van der Waals surface area contributed by atoms with Crippen LogP contribution in [0, 0.1) is 0 Å². The van der Waals surface area contributed by atoms with Gasteiger partial charge in [-0.2, -0.15) is 0 Å². The van der Waals surface area contributed by atoms with E-state index in [9.17, 15) is 14.4 Å². The molecule has 20 heavy (non-hydrogen) atoms. The molecule has 0 atom stereocenters. The van der Waals surface area contributed by atoms with E-state index in [1.165, 1.54) is 0 Å². The van der Waals surface area contributed by atoms with Crippen molar-refractivity contribution in [3.63, 3.8) is 0 Å². The van der Waals surface area contributed by atoms with Gasteiger partial charge in [0, 0.05) is 5.56 Å². The average molecular weight is 266 g/mol. The highest BCUT2D eigenvalue weighted by Crippen LogP contribution is 2.29. The van der Waals surface area contributed by atoms with Gasteiger partial charge >= 0.3 is 0 Å². The van der Waals surface area contributed by atoms with Crippen LogP contribution in [0.4, 0.5) is 5.69 Å². The van der Waals surface area contributed by atoms with Crippen molar-refractivity contribution in [1.82, 2.24) is 0 Å². The Labute approximate surface area is 114 Å². The zero-order valence-electron chi connectivity index (χ0n) is 10.3. The third-order valence-corrected chi connectivity index (χ3v) is 3.22. The topological polar surface area (TPSA) is 89.3 Å². The van der Waals surface area contributed by atoms with Crippen LogP contribution in [-0.4, -0.2) is 17.6 Å². The molecule has 0 aliphatic carbocycles. The van der Waals surface area contributed by atoms with E-state index in [1.807, 2.05) is 0 Å². The van der Waals surface area contributed by atoms with Crippen molar-refractivity contribution in [2.24, 2.45) is 5.73 Å². The zero-order valence-corrected chi connectivity index (χ0v) is 10.3. The van der Waals surface area contributed by atoms with E-state index in [1.54, 1.807) is 42.5 Å². The highest BCUT2D eigenvalue weighted by molar-refractivity contribution is 6.51. The molecule has 3 N–H and O–H groups in total. The predicted octanol–water partition coefficient (Wildman–Crippen LogP) is 1.59. The molecule has 5 heteroatoms. The Morgan fingerprint density at radius 1 is 0.950 bits per heavy atom. The number of hydrogen-bond donors (Lipinski definition) is 2. The fourth-order valence-electron chi connectivity index (χ4n) is 2.15. The molecular weight excluding hydrogens is 256 g/mol. The number of fused-ring (bicyclic) bond motifs is 1. The Kier molecular flexibility index (Phi) is 2.61. The lowest BCUT2D eigenvalue weighted by Crippen LogP contribution is -2.12. The predicted molar refractivity (Wildman–Crippen MR) is 73.4 cm³/mol. The summed E-state index contributed by atoms with van der Waals surface area (Å²) >= 11 is 0. The van der Waals surface area contributed by atoms with Crippen LogP contribution in [0.2, 0.25) is 0 Å². The van der Waals surface area contributed by atoms with Gasteiger partial charge in [0.1, 0.15) is 0 Å². The highest BCUT2D eigenvalue weighted by Gasteiger charge is 2.27. The van der Waals surface area contributed by atoms with Gasteiger partial charge in [-0.25, -0.2) is 0 Å². The number of amides is 2. The van der Waals surface area contributed by atoms with Gasteiger partial charge in [-0.1, -0.05) is 18.2 Å². The van der Waals surface area contributed by atoms with Gasteiger partial charge in [-0.15, -0.1) is 0 Å². The van der Waals surface area contributed by atoms with Crippen LogP contribution < -0.4 is 11.1 Å². The van der Waals surface area contributed by atoms with Crippen molar-refractivity contribution >= 4 is 23.3 Å². The standard InChI is InChI=1S/C15H10N2O3/c16-14(19)9-3-1-8(2-4-9)10-5-6-12-11(7-10)13(18)15(20)17-12/h1-7H,(H2,16,19)(H,17,18,20). The van der Waals surface area contributed by atoms with E-state index in [0.717, 1.165) is 11.1 Å². The monoisotopic (exact) mass is 266 g/mol. The van der Waals surface area contributed by atoms with Crippen LogP contribution in [0.15, 0.2) is 42.5 Å². The third-order valence-electron chi connectivity index (χ3n) is 3.22. The van der Waals surface area contributed by atoms with Crippen LogP contribution in [0.25, 0.3) is 11.1 Å². The van der Waals surface area contributed by atoms with Gasteiger partial charge in [0.15, 0.2) is 0 Å². The van der Waals surface area contributed by atoms with E-state index < -0.39 is 17.6 Å². The minimum Gasteiger partial charge on any atom is -0.366 e. The minimum absolute atomic E-state index is 0.367. The first-order valence-electron chi connectivity index (χ1n) is 5.96. The molecule has 0 saturated heterocycles. The molecule has 1 aliphatic heterocycles. The van der Waals surface area contributed by atoms with Crippen LogP contribution in [0.1, 0.15) is 20.7 Å². The number of anilines is 1. The van der Waals surface area contributed by atoms with Crippen LogP contribution >= 0.6 is 0 Å². The molecule has 1 aliphatic rings. The molecule has 5 nitrogen and oxygen atoms in total. The summed E-state index contributed by atoms with van der Waals surface area (Å²) in [5.41, 5.74) is 8.13. The lowest BCUT2D eigenvalue weighted by Gasteiger charge is -2.04. The molecular formula is C15H10N2O3. The van der Waals surface area contributed by atoms with E-state index in [2.05, 4.69) is 5.32 Å². The summed E-state index contributed by atoms with van der Waals surface area (Å²) in [6.07, 6.45) is 0. The number of ketones is 1. The largest absolute Gasteiger partial charge is 0.366 e. The van der Waals surface area contributed by atoms with Crippen molar-refractivity contribution in [2.75, 3.05) is 5.32 Å². The van der Waals surface area contributed by atoms with Crippen molar-refractivity contribution in [3.05, 3.63) is 53.6 Å². The van der Waals surface area contributed by atoms with Gasteiger partial charge in [-0.05, 0) is 35.4 Å². The van der Waals surface area contributed by atoms with Crippen molar-refractivity contribution in [2.45, 2.75) is 0 Å². The Morgan fingerprint density at radius 3 is 2.25 bits per heavy atom. The molecule has 0 spiro atoms. The van der Waals surface area contributed by atoms with E-state index in [4.69, 9.17) is 5.73 Å². The molecule has 0 bridgehead atoms. The second-order valence-electron chi connectivity index (χ2n) is 4.49. The van der Waals surface area contributed by atoms with E-state index in [-0.39, 0.29) is 0 Å². The second-order valence-corrected chi connectivity index (χ2v) is 4.49. The lowest BCUT2D eigenvalue weighted by molar-refractivity contribution is -0.112. The fraction of sp³-hybridized carbons (Fsp3) is 0. The zero-order chi connectivity index (χ0) is 14.3. The molecule has 0 unspecified atom stereocenters. The number of carbonyl (C=O) groups excluding carboxylic acids is 3. The number of nitrogens with one attached hydrogen (secondary N) is 1. The van der Waals surface area contributed by atoms with Gasteiger partial charge < -0.3 is 11.1 Å². The molecule has 0 fully saturated rings. The van der Waals surface area contributed by atoms with Gasteiger partial charge in [0.05, 0.1) is 11.3 Å². The number of carbonyl (C=O) groups is 3. The first kappa shape index (κ1) is 12.1. The minimum atomic E-state index is -0.610. The summed E-state index contributed by atoms with van der Waals surface area (Å²) in [6.45, 7) is 0. The van der Waals surface area contributed by atoms with Crippen molar-refractivity contribution in [1.29, 1.82) is 0 Å². The van der Waals surface area contributed by atoms with Crippen LogP contribution in [-0.2, 0) is 4.79 Å². The smallest absolute Gasteiger partial charge is 0.296 e. The normalized spacial score (nSPS) is 13.0. The van der Waals surface area contributed by atoms with Crippen LogP contribution in [0.3, 0.4) is 0 Å². The maximum atomic E-state index is 11.7. The summed E-state index contributed by atoms with van der Waals surface area (Å²) in [7, 11) is 0. The van der Waals surface area contributed by atoms with Gasteiger partial charge in [-0.3, -0.25) is 14.4 Å². The molecule has 0 radical (unpaired) electrons. The summed E-state index contributed by atoms with van der Waals surface area (Å²) in [4.78, 5) is 33.9.